The number of ether oxygens (including phenoxy) is 2. The average Bonchev–Trinajstić information content (AvgIpc) is 3.48. The lowest BCUT2D eigenvalue weighted by molar-refractivity contribution is 0.174. The van der Waals surface area contributed by atoms with Crippen molar-refractivity contribution in [1.82, 2.24) is 19.7 Å². The van der Waals surface area contributed by atoms with Gasteiger partial charge in [0.1, 0.15) is 0 Å². The Labute approximate surface area is 209 Å². The molecule has 0 bridgehead atoms. The smallest absolute Gasteiger partial charge is 0.231 e. The number of aromatic nitrogens is 3. The van der Waals surface area contributed by atoms with Gasteiger partial charge in [0.2, 0.25) is 6.79 Å². The van der Waals surface area contributed by atoms with Gasteiger partial charge in [-0.25, -0.2) is 0 Å². The number of fused-ring (bicyclic) bond motifs is 2. The Kier molecular flexibility index (Phi) is 5.96. The molecule has 180 valence electrons. The highest BCUT2D eigenvalue weighted by Gasteiger charge is 2.22. The van der Waals surface area contributed by atoms with E-state index < -0.39 is 0 Å². The van der Waals surface area contributed by atoms with Crippen LogP contribution < -0.4 is 14.4 Å². The Morgan fingerprint density at radius 3 is 2.63 bits per heavy atom. The predicted octanol–water partition coefficient (Wildman–Crippen LogP) is 4.53. The van der Waals surface area contributed by atoms with Gasteiger partial charge in [0, 0.05) is 73.7 Å². The molecule has 35 heavy (non-hydrogen) atoms. The van der Waals surface area contributed by atoms with Gasteiger partial charge in [-0.05, 0) is 42.3 Å². The lowest BCUT2D eigenvalue weighted by Crippen LogP contribution is -2.47. The molecule has 0 unspecified atom stereocenters. The van der Waals surface area contributed by atoms with Gasteiger partial charge in [-0.1, -0.05) is 23.7 Å². The number of rotatable bonds is 6. The summed E-state index contributed by atoms with van der Waals surface area (Å²) in [5.41, 5.74) is 5.68. The van der Waals surface area contributed by atoms with Crippen LogP contribution in [0.3, 0.4) is 0 Å². The van der Waals surface area contributed by atoms with Crippen LogP contribution in [-0.2, 0) is 13.0 Å². The molecule has 1 saturated heterocycles. The summed E-state index contributed by atoms with van der Waals surface area (Å²) in [6, 6.07) is 14.3. The third-order valence-electron chi connectivity index (χ3n) is 6.99. The molecule has 2 aliphatic heterocycles. The van der Waals surface area contributed by atoms with Crippen molar-refractivity contribution in [2.24, 2.45) is 0 Å². The van der Waals surface area contributed by atoms with Crippen LogP contribution in [0.5, 0.6) is 11.5 Å². The highest BCUT2D eigenvalue weighted by Crippen LogP contribution is 2.37. The van der Waals surface area contributed by atoms with E-state index >= 15 is 0 Å². The molecule has 0 spiro atoms. The molecule has 0 N–H and O–H groups in total. The molecule has 2 aliphatic rings. The van der Waals surface area contributed by atoms with Gasteiger partial charge in [0.05, 0.1) is 17.8 Å². The number of nitrogens with zero attached hydrogens (tertiary/aromatic N) is 5. The quantitative estimate of drug-likeness (QED) is 0.396. The lowest BCUT2D eigenvalue weighted by atomic mass is 10.1. The predicted molar refractivity (Wildman–Crippen MR) is 138 cm³/mol. The van der Waals surface area contributed by atoms with Crippen LogP contribution in [0.1, 0.15) is 16.8 Å². The first-order valence-corrected chi connectivity index (χ1v) is 12.4. The van der Waals surface area contributed by atoms with Gasteiger partial charge in [-0.3, -0.25) is 14.6 Å². The van der Waals surface area contributed by atoms with Crippen molar-refractivity contribution in [2.45, 2.75) is 19.9 Å². The largest absolute Gasteiger partial charge is 0.454 e. The van der Waals surface area contributed by atoms with E-state index in [1.165, 1.54) is 5.69 Å². The van der Waals surface area contributed by atoms with E-state index in [0.717, 1.165) is 83.4 Å². The number of halogens is 1. The molecule has 4 heterocycles. The Morgan fingerprint density at radius 1 is 1.00 bits per heavy atom. The molecule has 0 atom stereocenters. The minimum absolute atomic E-state index is 0.268. The van der Waals surface area contributed by atoms with E-state index in [-0.39, 0.29) is 6.79 Å². The minimum Gasteiger partial charge on any atom is -0.454 e. The summed E-state index contributed by atoms with van der Waals surface area (Å²) in [6.07, 6.45) is 4.56. The van der Waals surface area contributed by atoms with Crippen molar-refractivity contribution < 1.29 is 9.47 Å². The summed E-state index contributed by atoms with van der Waals surface area (Å²) in [7, 11) is 0. The van der Waals surface area contributed by atoms with Gasteiger partial charge in [-0.2, -0.15) is 5.10 Å². The zero-order valence-corrected chi connectivity index (χ0v) is 20.5. The van der Waals surface area contributed by atoms with E-state index in [0.29, 0.717) is 6.54 Å². The van der Waals surface area contributed by atoms with E-state index in [9.17, 15) is 0 Å². The molecule has 0 amide bonds. The molecule has 6 rings (SSSR count). The second-order valence-electron chi connectivity index (χ2n) is 9.15. The summed E-state index contributed by atoms with van der Waals surface area (Å²) in [5.74, 6) is 1.58. The summed E-state index contributed by atoms with van der Waals surface area (Å²) in [5, 5.41) is 6.98. The topological polar surface area (TPSA) is 55.7 Å². The molecule has 0 radical (unpaired) electrons. The van der Waals surface area contributed by atoms with Gasteiger partial charge in [-0.15, -0.1) is 0 Å². The number of pyridine rings is 1. The van der Waals surface area contributed by atoms with Gasteiger partial charge in [0.25, 0.3) is 0 Å². The highest BCUT2D eigenvalue weighted by molar-refractivity contribution is 6.31. The van der Waals surface area contributed by atoms with E-state index in [4.69, 9.17) is 26.2 Å². The number of hydrogen-bond donors (Lipinski definition) is 0. The third kappa shape index (κ3) is 4.42. The van der Waals surface area contributed by atoms with Crippen molar-refractivity contribution in [3.8, 4) is 11.5 Å². The maximum atomic E-state index is 6.35. The van der Waals surface area contributed by atoms with Crippen molar-refractivity contribution in [3.05, 3.63) is 76.7 Å². The standard InChI is InChI=1S/C27H28ClN5O2/c1-19-22(28)5-2-6-24(19)32-12-10-31(11-13-32)9-7-23-21-14-26-27(35-18-34-26)15-25(21)33(30-23)17-20-4-3-8-29-16-20/h2-6,8,14-16H,7,9-13,17-18H2,1H3. The molecule has 7 nitrogen and oxygen atoms in total. The second kappa shape index (κ2) is 9.40. The molecule has 2 aromatic carbocycles. The highest BCUT2D eigenvalue weighted by atomic mass is 35.5. The van der Waals surface area contributed by atoms with Crippen LogP contribution in [0.2, 0.25) is 5.02 Å². The summed E-state index contributed by atoms with van der Waals surface area (Å²) < 4.78 is 13.4. The fraction of sp³-hybridized carbons (Fsp3) is 0.333. The summed E-state index contributed by atoms with van der Waals surface area (Å²) in [6.45, 7) is 8.04. The Balaban J connectivity index is 1.18. The van der Waals surface area contributed by atoms with Gasteiger partial charge in [0.15, 0.2) is 11.5 Å². The zero-order valence-electron chi connectivity index (χ0n) is 19.8. The van der Waals surface area contributed by atoms with Crippen LogP contribution in [0, 0.1) is 6.92 Å². The molecule has 0 aliphatic carbocycles. The molecule has 2 aromatic heterocycles. The van der Waals surface area contributed by atoms with Gasteiger partial charge >= 0.3 is 0 Å². The second-order valence-corrected chi connectivity index (χ2v) is 9.56. The van der Waals surface area contributed by atoms with E-state index in [1.54, 1.807) is 6.20 Å². The number of hydrogen-bond acceptors (Lipinski definition) is 6. The van der Waals surface area contributed by atoms with Crippen LogP contribution in [-0.4, -0.2) is 59.2 Å². The van der Waals surface area contributed by atoms with Crippen LogP contribution >= 0.6 is 11.6 Å². The fourth-order valence-corrected chi connectivity index (χ4v) is 5.18. The normalized spacial score (nSPS) is 15.8. The maximum Gasteiger partial charge on any atom is 0.231 e. The van der Waals surface area contributed by atoms with E-state index in [2.05, 4.69) is 50.7 Å². The zero-order chi connectivity index (χ0) is 23.8. The first kappa shape index (κ1) is 22.2. The van der Waals surface area contributed by atoms with Crippen LogP contribution in [0.25, 0.3) is 10.9 Å². The Hall–Kier alpha value is -3.29. The number of benzene rings is 2. The van der Waals surface area contributed by atoms with E-state index in [1.807, 2.05) is 24.4 Å². The summed E-state index contributed by atoms with van der Waals surface area (Å²) in [4.78, 5) is 9.22. The van der Waals surface area contributed by atoms with Crippen molar-refractivity contribution in [2.75, 3.05) is 44.4 Å². The van der Waals surface area contributed by atoms with Crippen LogP contribution in [0.4, 0.5) is 5.69 Å². The maximum absolute atomic E-state index is 6.35. The molecule has 0 saturated carbocycles. The van der Waals surface area contributed by atoms with Crippen molar-refractivity contribution >= 4 is 28.2 Å². The van der Waals surface area contributed by atoms with Crippen molar-refractivity contribution in [1.29, 1.82) is 0 Å². The first-order valence-electron chi connectivity index (χ1n) is 12.1. The number of piperazine rings is 1. The molecule has 4 aromatic rings. The molecule has 8 heteroatoms. The molecular weight excluding hydrogens is 462 g/mol. The Morgan fingerprint density at radius 2 is 1.83 bits per heavy atom. The van der Waals surface area contributed by atoms with Gasteiger partial charge < -0.3 is 14.4 Å². The molecular formula is C27H28ClN5O2. The monoisotopic (exact) mass is 489 g/mol. The number of anilines is 1. The average molecular weight is 490 g/mol. The third-order valence-corrected chi connectivity index (χ3v) is 7.40. The summed E-state index contributed by atoms with van der Waals surface area (Å²) >= 11 is 6.35. The van der Waals surface area contributed by atoms with Crippen molar-refractivity contribution in [3.63, 3.8) is 0 Å². The SMILES string of the molecule is Cc1c(Cl)cccc1N1CCN(CCc2nn(Cc3cccnc3)c3cc4c(cc23)OCO4)CC1. The minimum atomic E-state index is 0.268. The van der Waals surface area contributed by atoms with Crippen LogP contribution in [0.15, 0.2) is 54.9 Å². The Bertz CT molecular complexity index is 1350. The lowest BCUT2D eigenvalue weighted by Gasteiger charge is -2.36. The molecule has 1 fully saturated rings. The fourth-order valence-electron chi connectivity index (χ4n) is 5.01. The first-order chi connectivity index (χ1) is 17.2.